The zero-order chi connectivity index (χ0) is 10.2. The normalized spacial score (nSPS) is 32.2. The molecule has 1 aliphatic heterocycles. The molecule has 0 N–H and O–H groups in total. The van der Waals surface area contributed by atoms with Gasteiger partial charge in [0.1, 0.15) is 0 Å². The second kappa shape index (κ2) is 5.87. The van der Waals surface area contributed by atoms with E-state index in [2.05, 4.69) is 0 Å². The van der Waals surface area contributed by atoms with E-state index in [1.807, 2.05) is 0 Å². The molecule has 0 aromatic rings. The standard InChI is InChI=1S/C9H16BF3N.K/c11-10(12,13)7-14-6-5-8-3-1-2-4-9(8)14;/h8-9H,1-7H2;/q-1;+1. The third-order valence-electron chi connectivity index (χ3n) is 3.57. The topological polar surface area (TPSA) is 3.24 Å². The van der Waals surface area contributed by atoms with Crippen molar-refractivity contribution in [2.24, 2.45) is 5.92 Å². The van der Waals surface area contributed by atoms with Crippen LogP contribution in [0.25, 0.3) is 0 Å². The predicted octanol–water partition coefficient (Wildman–Crippen LogP) is -0.358. The van der Waals surface area contributed by atoms with Crippen molar-refractivity contribution in [3.63, 3.8) is 0 Å². The van der Waals surface area contributed by atoms with Crippen LogP contribution in [0.5, 0.6) is 0 Å². The summed E-state index contributed by atoms with van der Waals surface area (Å²) in [5, 5.41) is 0. The molecule has 1 saturated carbocycles. The van der Waals surface area contributed by atoms with Crippen LogP contribution in [0.3, 0.4) is 0 Å². The molecule has 0 radical (unpaired) electrons. The summed E-state index contributed by atoms with van der Waals surface area (Å²) in [5.74, 6) is 0.557. The van der Waals surface area contributed by atoms with Gasteiger partial charge in [0.25, 0.3) is 0 Å². The summed E-state index contributed by atoms with van der Waals surface area (Å²) in [7, 11) is 0. The molecule has 0 spiro atoms. The first-order valence-electron chi connectivity index (χ1n) is 5.51. The van der Waals surface area contributed by atoms with Crippen LogP contribution < -0.4 is 51.4 Å². The molecule has 1 nitrogen and oxygen atoms in total. The maximum absolute atomic E-state index is 12.3. The van der Waals surface area contributed by atoms with Crippen molar-refractivity contribution < 1.29 is 64.3 Å². The molecule has 1 aliphatic carbocycles. The van der Waals surface area contributed by atoms with E-state index in [1.54, 1.807) is 4.90 Å². The number of likely N-dealkylation sites (tertiary alicyclic amines) is 1. The summed E-state index contributed by atoms with van der Waals surface area (Å²) in [6, 6.07) is 0.243. The number of rotatable bonds is 2. The second-order valence-electron chi connectivity index (χ2n) is 4.61. The van der Waals surface area contributed by atoms with Crippen LogP contribution in [-0.4, -0.2) is 30.9 Å². The molecule has 1 heterocycles. The number of hydrogen-bond donors (Lipinski definition) is 0. The molecule has 2 aliphatic rings. The van der Waals surface area contributed by atoms with E-state index in [0.717, 1.165) is 25.7 Å². The molecule has 2 fully saturated rings. The zero-order valence-corrected chi connectivity index (χ0v) is 12.4. The van der Waals surface area contributed by atoms with Crippen LogP contribution in [0, 0.1) is 5.92 Å². The number of fused-ring (bicyclic) bond motifs is 1. The monoisotopic (exact) mass is 245 g/mol. The molecule has 0 amide bonds. The van der Waals surface area contributed by atoms with Crippen molar-refractivity contribution in [1.82, 2.24) is 4.90 Å². The van der Waals surface area contributed by atoms with Gasteiger partial charge in [-0.05, 0) is 38.2 Å². The molecule has 0 aromatic carbocycles. The Hall–Kier alpha value is 1.45. The van der Waals surface area contributed by atoms with Gasteiger partial charge >= 0.3 is 58.4 Å². The average molecular weight is 245 g/mol. The van der Waals surface area contributed by atoms with Crippen LogP contribution in [0.15, 0.2) is 0 Å². The Balaban J connectivity index is 0.00000112. The molecule has 0 aromatic heterocycles. The maximum Gasteiger partial charge on any atom is 1.00 e. The zero-order valence-electron chi connectivity index (χ0n) is 9.26. The van der Waals surface area contributed by atoms with E-state index in [4.69, 9.17) is 0 Å². The SMILES string of the molecule is F[B-](F)(F)CN1CCC2CCCCC21.[K+]. The van der Waals surface area contributed by atoms with E-state index in [-0.39, 0.29) is 57.4 Å². The first-order valence-corrected chi connectivity index (χ1v) is 5.51. The maximum atomic E-state index is 12.3. The van der Waals surface area contributed by atoms with Crippen molar-refractivity contribution in [2.75, 3.05) is 13.0 Å². The van der Waals surface area contributed by atoms with E-state index < -0.39 is 13.4 Å². The summed E-state index contributed by atoms with van der Waals surface area (Å²) < 4.78 is 36.9. The fraction of sp³-hybridized carbons (Fsp3) is 1.00. The summed E-state index contributed by atoms with van der Waals surface area (Å²) in [6.07, 6.45) is 4.80. The first kappa shape index (κ1) is 14.5. The Kier molecular flexibility index (Phi) is 5.68. The first-order chi connectivity index (χ1) is 6.56. The van der Waals surface area contributed by atoms with Crippen molar-refractivity contribution in [2.45, 2.75) is 38.1 Å². The molecule has 2 atom stereocenters. The molecule has 0 bridgehead atoms. The third-order valence-corrected chi connectivity index (χ3v) is 3.57. The van der Waals surface area contributed by atoms with Gasteiger partial charge in [-0.2, -0.15) is 0 Å². The van der Waals surface area contributed by atoms with E-state index >= 15 is 0 Å². The van der Waals surface area contributed by atoms with Crippen molar-refractivity contribution in [3.8, 4) is 0 Å². The van der Waals surface area contributed by atoms with Gasteiger partial charge in [-0.3, -0.25) is 0 Å². The molecular weight excluding hydrogens is 229 g/mol. The van der Waals surface area contributed by atoms with Crippen LogP contribution in [0.2, 0.25) is 0 Å². The van der Waals surface area contributed by atoms with E-state index in [9.17, 15) is 12.9 Å². The molecule has 2 rings (SSSR count). The molecular formula is C9H16BF3KN. The summed E-state index contributed by atoms with van der Waals surface area (Å²) in [5.41, 5.74) is 0. The molecule has 1 saturated heterocycles. The Morgan fingerprint density at radius 2 is 1.73 bits per heavy atom. The number of nitrogens with zero attached hydrogens (tertiary/aromatic N) is 1. The second-order valence-corrected chi connectivity index (χ2v) is 4.61. The minimum atomic E-state index is -4.63. The van der Waals surface area contributed by atoms with Crippen LogP contribution in [-0.2, 0) is 0 Å². The summed E-state index contributed by atoms with van der Waals surface area (Å²) in [6.45, 7) is -3.97. The molecule has 15 heavy (non-hydrogen) atoms. The summed E-state index contributed by atoms with van der Waals surface area (Å²) in [4.78, 5) is 1.67. The van der Waals surface area contributed by atoms with Gasteiger partial charge in [0, 0.05) is 6.04 Å². The molecule has 6 heteroatoms. The minimum Gasteiger partial charge on any atom is -0.448 e. The molecule has 82 valence electrons. The van der Waals surface area contributed by atoms with Crippen LogP contribution >= 0.6 is 0 Å². The van der Waals surface area contributed by atoms with Gasteiger partial charge in [0.05, 0.1) is 0 Å². The van der Waals surface area contributed by atoms with Gasteiger partial charge in [0.2, 0.25) is 0 Å². The Morgan fingerprint density at radius 3 is 2.40 bits per heavy atom. The Morgan fingerprint density at radius 1 is 1.07 bits per heavy atom. The molecule has 2 unspecified atom stereocenters. The van der Waals surface area contributed by atoms with Crippen molar-refractivity contribution in [1.29, 1.82) is 0 Å². The smallest absolute Gasteiger partial charge is 0.448 e. The summed E-state index contributed by atoms with van der Waals surface area (Å²) >= 11 is 0. The van der Waals surface area contributed by atoms with Crippen LogP contribution in [0.4, 0.5) is 12.9 Å². The van der Waals surface area contributed by atoms with Gasteiger partial charge in [-0.1, -0.05) is 12.8 Å². The minimum absolute atomic E-state index is 0. The fourth-order valence-electron chi connectivity index (χ4n) is 3.00. The number of hydrogen-bond acceptors (Lipinski definition) is 1. The Bertz CT molecular complexity index is 212. The quantitative estimate of drug-likeness (QED) is 0.601. The van der Waals surface area contributed by atoms with Crippen LogP contribution in [0.1, 0.15) is 32.1 Å². The van der Waals surface area contributed by atoms with Gasteiger partial charge in [-0.25, -0.2) is 0 Å². The predicted molar refractivity (Wildman–Crippen MR) is 51.0 cm³/mol. The van der Waals surface area contributed by atoms with Crippen molar-refractivity contribution >= 4 is 6.98 Å². The third kappa shape index (κ3) is 4.00. The van der Waals surface area contributed by atoms with Gasteiger partial charge < -0.3 is 17.8 Å². The van der Waals surface area contributed by atoms with Gasteiger partial charge in [0.15, 0.2) is 0 Å². The van der Waals surface area contributed by atoms with Gasteiger partial charge in [-0.15, -0.1) is 0 Å². The van der Waals surface area contributed by atoms with Crippen molar-refractivity contribution in [3.05, 3.63) is 0 Å². The largest absolute Gasteiger partial charge is 1.00 e. The fourth-order valence-corrected chi connectivity index (χ4v) is 3.00. The average Bonchev–Trinajstić information content (AvgIpc) is 2.47. The number of halogens is 3. The Labute approximate surface area is 132 Å². The van der Waals surface area contributed by atoms with E-state index in [0.29, 0.717) is 12.5 Å². The van der Waals surface area contributed by atoms with E-state index in [1.165, 1.54) is 6.42 Å².